The minimum atomic E-state index is -3.42. The first-order chi connectivity index (χ1) is 13.4. The Bertz CT molecular complexity index is 1070. The van der Waals surface area contributed by atoms with Gasteiger partial charge in [-0.05, 0) is 42.2 Å². The monoisotopic (exact) mass is 394 g/mol. The Morgan fingerprint density at radius 1 is 1.25 bits per heavy atom. The van der Waals surface area contributed by atoms with Crippen molar-refractivity contribution in [3.05, 3.63) is 66.0 Å². The molecule has 2 aromatic rings. The molecule has 28 heavy (non-hydrogen) atoms. The number of nitrogens with one attached hydrogen (secondary N) is 1. The fraction of sp³-hybridized carbons (Fsp3) is 0.273. The Morgan fingerprint density at radius 3 is 2.68 bits per heavy atom. The lowest BCUT2D eigenvalue weighted by atomic mass is 9.97. The largest absolute Gasteiger partial charge is 0.299 e. The minimum Gasteiger partial charge on any atom is -0.299 e. The third-order valence-corrected chi connectivity index (χ3v) is 6.20. The molecule has 0 atom stereocenters. The number of aromatic nitrogens is 1. The molecule has 0 bridgehead atoms. The number of benzene rings is 1. The number of rotatable bonds is 8. The summed E-state index contributed by atoms with van der Waals surface area (Å²) in [6.45, 7) is 3.46. The maximum Gasteiger partial charge on any atom is 0.236 e. The first-order valence-electron chi connectivity index (χ1n) is 9.39. The molecule has 5 nitrogen and oxygen atoms in total. The van der Waals surface area contributed by atoms with E-state index in [0.29, 0.717) is 12.1 Å². The average Bonchev–Trinajstić information content (AvgIpc) is 3.40. The Morgan fingerprint density at radius 2 is 2.00 bits per heavy atom. The van der Waals surface area contributed by atoms with Crippen LogP contribution in [0.4, 0.5) is 5.69 Å². The van der Waals surface area contributed by atoms with Crippen molar-refractivity contribution in [1.29, 1.82) is 0 Å². The number of sulfonamides is 1. The highest BCUT2D eigenvalue weighted by molar-refractivity contribution is 7.92. The fourth-order valence-electron chi connectivity index (χ4n) is 3.45. The second kappa shape index (κ2) is 7.36. The van der Waals surface area contributed by atoms with Crippen molar-refractivity contribution in [3.63, 3.8) is 0 Å². The first-order valence-corrected chi connectivity index (χ1v) is 11.0. The number of hydrogen-bond acceptors (Lipinski definition) is 4. The first kappa shape index (κ1) is 18.6. The molecule has 2 aliphatic rings. The fourth-order valence-corrected chi connectivity index (χ4v) is 4.34. The number of hydrogen-bond donors (Lipinski definition) is 1. The second-order valence-electron chi connectivity index (χ2n) is 7.29. The summed E-state index contributed by atoms with van der Waals surface area (Å²) in [5.74, 6) is 0.367. The van der Waals surface area contributed by atoms with Gasteiger partial charge in [-0.25, -0.2) is 8.42 Å². The molecule has 0 saturated heterocycles. The van der Waals surface area contributed by atoms with Crippen molar-refractivity contribution in [2.45, 2.75) is 25.7 Å². The van der Waals surface area contributed by atoms with Gasteiger partial charge in [0, 0.05) is 35.7 Å². The number of anilines is 1. The van der Waals surface area contributed by atoms with Gasteiger partial charge in [-0.2, -0.15) is 0 Å². The maximum absolute atomic E-state index is 12.2. The molecular weight excluding hydrogens is 372 g/mol. The van der Waals surface area contributed by atoms with Crippen molar-refractivity contribution in [2.75, 3.05) is 10.5 Å². The lowest BCUT2D eigenvalue weighted by Gasteiger charge is -2.12. The van der Waals surface area contributed by atoms with E-state index >= 15 is 0 Å². The summed E-state index contributed by atoms with van der Waals surface area (Å²) in [6, 6.07) is 9.26. The highest BCUT2D eigenvalue weighted by Gasteiger charge is 2.30. The summed E-state index contributed by atoms with van der Waals surface area (Å²) in [7, 11) is -3.42. The van der Waals surface area contributed by atoms with Crippen LogP contribution in [0.2, 0.25) is 0 Å². The molecule has 144 valence electrons. The third kappa shape index (κ3) is 4.07. The molecule has 1 saturated carbocycles. The molecular formula is C22H22N2O3S. The predicted molar refractivity (Wildman–Crippen MR) is 111 cm³/mol. The van der Waals surface area contributed by atoms with Crippen LogP contribution in [0.3, 0.4) is 0 Å². The topological polar surface area (TPSA) is 76.1 Å². The quantitative estimate of drug-likeness (QED) is 0.692. The van der Waals surface area contributed by atoms with Crippen molar-refractivity contribution in [3.8, 4) is 11.1 Å². The standard InChI is InChI=1S/C22H22N2O3S/c1-2-12-28(26,27)24-17-10-8-15(9-11-17)20-13-18(14-22(25)16-6-7-16)23-21-5-3-4-19(20)21/h2-4,8-11,13,16,24H,1,5-7,12,14H2. The van der Waals surface area contributed by atoms with Gasteiger partial charge in [-0.1, -0.05) is 30.4 Å². The zero-order chi connectivity index (χ0) is 19.7. The van der Waals surface area contributed by atoms with E-state index in [9.17, 15) is 13.2 Å². The van der Waals surface area contributed by atoms with Crippen molar-refractivity contribution in [1.82, 2.24) is 4.98 Å². The Kier molecular flexibility index (Phi) is 4.89. The maximum atomic E-state index is 12.2. The van der Waals surface area contributed by atoms with Crippen molar-refractivity contribution >= 4 is 27.6 Å². The minimum absolute atomic E-state index is 0.129. The van der Waals surface area contributed by atoms with Crippen LogP contribution in [-0.4, -0.2) is 24.9 Å². The van der Waals surface area contributed by atoms with Crippen LogP contribution >= 0.6 is 0 Å². The van der Waals surface area contributed by atoms with E-state index in [1.165, 1.54) is 6.08 Å². The van der Waals surface area contributed by atoms with Gasteiger partial charge in [-0.3, -0.25) is 14.5 Å². The summed E-state index contributed by atoms with van der Waals surface area (Å²) < 4.78 is 26.3. The van der Waals surface area contributed by atoms with Crippen LogP contribution in [0.15, 0.2) is 49.1 Å². The zero-order valence-corrected chi connectivity index (χ0v) is 16.3. The smallest absolute Gasteiger partial charge is 0.236 e. The van der Waals surface area contributed by atoms with E-state index < -0.39 is 10.0 Å². The molecule has 0 unspecified atom stereocenters. The molecule has 1 aromatic heterocycles. The van der Waals surface area contributed by atoms with E-state index in [-0.39, 0.29) is 17.5 Å². The molecule has 2 aliphatic carbocycles. The van der Waals surface area contributed by atoms with Gasteiger partial charge in [0.2, 0.25) is 10.0 Å². The van der Waals surface area contributed by atoms with Crippen LogP contribution in [0.25, 0.3) is 17.2 Å². The van der Waals surface area contributed by atoms with E-state index in [1.807, 2.05) is 18.2 Å². The number of fused-ring (bicyclic) bond motifs is 1. The molecule has 1 aromatic carbocycles. The van der Waals surface area contributed by atoms with E-state index in [1.54, 1.807) is 12.1 Å². The Labute approximate surface area is 165 Å². The summed E-state index contributed by atoms with van der Waals surface area (Å²) in [5, 5.41) is 0. The van der Waals surface area contributed by atoms with Gasteiger partial charge < -0.3 is 0 Å². The van der Waals surface area contributed by atoms with Gasteiger partial charge in [-0.15, -0.1) is 6.58 Å². The van der Waals surface area contributed by atoms with E-state index in [4.69, 9.17) is 4.98 Å². The van der Waals surface area contributed by atoms with Crippen molar-refractivity contribution in [2.24, 2.45) is 5.92 Å². The van der Waals surface area contributed by atoms with Gasteiger partial charge in [0.05, 0.1) is 11.4 Å². The number of allylic oxidation sites excluding steroid dienone is 1. The van der Waals surface area contributed by atoms with Crippen LogP contribution in [-0.2, 0) is 27.7 Å². The van der Waals surface area contributed by atoms with Crippen molar-refractivity contribution < 1.29 is 13.2 Å². The summed E-state index contributed by atoms with van der Waals surface area (Å²) in [4.78, 5) is 16.9. The number of pyridine rings is 1. The molecule has 0 amide bonds. The molecule has 0 aliphatic heterocycles. The highest BCUT2D eigenvalue weighted by Crippen LogP contribution is 2.34. The van der Waals surface area contributed by atoms with Gasteiger partial charge in [0.1, 0.15) is 5.78 Å². The summed E-state index contributed by atoms with van der Waals surface area (Å²) in [6.07, 6.45) is 8.64. The Hall–Kier alpha value is -2.73. The molecule has 4 rings (SSSR count). The van der Waals surface area contributed by atoms with Crippen LogP contribution < -0.4 is 4.72 Å². The van der Waals surface area contributed by atoms with Crippen LogP contribution in [0.1, 0.15) is 29.8 Å². The zero-order valence-electron chi connectivity index (χ0n) is 15.5. The van der Waals surface area contributed by atoms with Gasteiger partial charge in [0.25, 0.3) is 0 Å². The second-order valence-corrected chi connectivity index (χ2v) is 9.06. The number of carbonyl (C=O) groups is 1. The Balaban J connectivity index is 1.62. The van der Waals surface area contributed by atoms with E-state index in [0.717, 1.165) is 47.3 Å². The molecule has 0 radical (unpaired) electrons. The number of carbonyl (C=O) groups excluding carboxylic acids is 1. The average molecular weight is 394 g/mol. The molecule has 6 heteroatoms. The van der Waals surface area contributed by atoms with Crippen LogP contribution in [0, 0.1) is 5.92 Å². The van der Waals surface area contributed by atoms with E-state index in [2.05, 4.69) is 23.5 Å². The lowest BCUT2D eigenvalue weighted by molar-refractivity contribution is -0.119. The summed E-state index contributed by atoms with van der Waals surface area (Å²) >= 11 is 0. The number of Topliss-reactive ketones (excluding diaryl/α,β-unsaturated/α-hetero) is 1. The third-order valence-electron chi connectivity index (χ3n) is 4.98. The lowest BCUT2D eigenvalue weighted by Crippen LogP contribution is -2.15. The molecule has 1 heterocycles. The highest BCUT2D eigenvalue weighted by atomic mass is 32.2. The molecule has 1 N–H and O–H groups in total. The van der Waals surface area contributed by atoms with Crippen LogP contribution in [0.5, 0.6) is 0 Å². The summed E-state index contributed by atoms with van der Waals surface area (Å²) in [5.41, 5.74) is 5.38. The van der Waals surface area contributed by atoms with Gasteiger partial charge in [0.15, 0.2) is 0 Å². The molecule has 0 spiro atoms. The normalized spacial score (nSPS) is 15.3. The predicted octanol–water partition coefficient (Wildman–Crippen LogP) is 3.77. The number of ketones is 1. The molecule has 1 fully saturated rings. The number of nitrogens with zero attached hydrogens (tertiary/aromatic N) is 1. The SMILES string of the molecule is C=CCS(=O)(=O)Nc1ccc(-c2cc(CC(=O)C3CC3)nc3c2C=CC3)cc1. The van der Waals surface area contributed by atoms with Gasteiger partial charge >= 0.3 is 0 Å².